The highest BCUT2D eigenvalue weighted by molar-refractivity contribution is 5.38. The van der Waals surface area contributed by atoms with Gasteiger partial charge in [0.05, 0.1) is 5.69 Å². The van der Waals surface area contributed by atoms with Crippen LogP contribution in [0.4, 0.5) is 0 Å². The molecule has 0 radical (unpaired) electrons. The predicted octanol–water partition coefficient (Wildman–Crippen LogP) is 4.07. The topological polar surface area (TPSA) is 38.1 Å². The Morgan fingerprint density at radius 2 is 1.70 bits per heavy atom. The Bertz CT molecular complexity index is 594. The minimum absolute atomic E-state index is 0.308. The van der Waals surface area contributed by atoms with Gasteiger partial charge in [-0.2, -0.15) is 0 Å². The average molecular weight is 272 g/mol. The van der Waals surface area contributed by atoms with E-state index in [-0.39, 0.29) is 0 Å². The highest BCUT2D eigenvalue weighted by Gasteiger charge is 2.13. The number of rotatable bonds is 4. The summed E-state index contributed by atoms with van der Waals surface area (Å²) in [5, 5.41) is 7.57. The van der Waals surface area contributed by atoms with Gasteiger partial charge in [-0.15, -0.1) is 0 Å². The molecule has 0 fully saturated rings. The lowest BCUT2D eigenvalue weighted by Gasteiger charge is -2.18. The monoisotopic (exact) mass is 272 g/mol. The quantitative estimate of drug-likeness (QED) is 0.911. The number of nitrogens with one attached hydrogen (secondary N) is 1. The Labute approximate surface area is 121 Å². The molecule has 0 aliphatic rings. The van der Waals surface area contributed by atoms with Crippen LogP contribution < -0.4 is 5.32 Å². The van der Waals surface area contributed by atoms with E-state index in [2.05, 4.69) is 50.3 Å². The normalized spacial score (nSPS) is 12.7. The molecule has 0 aliphatic carbocycles. The van der Waals surface area contributed by atoms with Crippen molar-refractivity contribution in [2.45, 2.75) is 54.1 Å². The average Bonchev–Trinajstić information content (AvgIpc) is 2.71. The van der Waals surface area contributed by atoms with Crippen molar-refractivity contribution in [3.63, 3.8) is 0 Å². The second-order valence-electron chi connectivity index (χ2n) is 5.70. The molecule has 1 unspecified atom stereocenters. The van der Waals surface area contributed by atoms with Crippen molar-refractivity contribution in [2.75, 3.05) is 0 Å². The highest BCUT2D eigenvalue weighted by Crippen LogP contribution is 2.22. The summed E-state index contributed by atoms with van der Waals surface area (Å²) in [6.45, 7) is 13.4. The fourth-order valence-electron chi connectivity index (χ4n) is 2.57. The van der Waals surface area contributed by atoms with E-state index in [0.29, 0.717) is 6.04 Å². The van der Waals surface area contributed by atoms with Crippen molar-refractivity contribution in [1.82, 2.24) is 10.5 Å². The Hall–Kier alpha value is -1.61. The maximum Gasteiger partial charge on any atom is 0.138 e. The fourth-order valence-corrected chi connectivity index (χ4v) is 2.57. The molecule has 1 heterocycles. The smallest absolute Gasteiger partial charge is 0.138 e. The van der Waals surface area contributed by atoms with E-state index in [1.54, 1.807) is 0 Å². The van der Waals surface area contributed by atoms with E-state index in [1.807, 2.05) is 13.8 Å². The Balaban J connectivity index is 2.13. The number of hydrogen-bond donors (Lipinski definition) is 1. The molecule has 1 N–H and O–H groups in total. The predicted molar refractivity (Wildman–Crippen MR) is 81.9 cm³/mol. The number of aryl methyl sites for hydroxylation is 5. The van der Waals surface area contributed by atoms with Crippen molar-refractivity contribution in [2.24, 2.45) is 0 Å². The van der Waals surface area contributed by atoms with Gasteiger partial charge in [-0.25, -0.2) is 0 Å². The first-order valence-corrected chi connectivity index (χ1v) is 7.13. The van der Waals surface area contributed by atoms with Crippen LogP contribution in [-0.4, -0.2) is 5.16 Å². The summed E-state index contributed by atoms with van der Waals surface area (Å²) in [5.74, 6) is 0.902. The SMILES string of the molecule is Cc1cc(C)c(C(C)NCc2c(C)noc2C)cc1C. The second-order valence-corrected chi connectivity index (χ2v) is 5.70. The zero-order chi connectivity index (χ0) is 14.9. The molecule has 0 amide bonds. The van der Waals surface area contributed by atoms with Crippen LogP contribution >= 0.6 is 0 Å². The van der Waals surface area contributed by atoms with Crippen LogP contribution in [0.1, 0.15) is 52.2 Å². The van der Waals surface area contributed by atoms with Crippen LogP contribution in [0.25, 0.3) is 0 Å². The number of nitrogens with zero attached hydrogens (tertiary/aromatic N) is 1. The number of hydrogen-bond acceptors (Lipinski definition) is 3. The van der Waals surface area contributed by atoms with Crippen LogP contribution in [-0.2, 0) is 6.54 Å². The molecule has 0 saturated heterocycles. The van der Waals surface area contributed by atoms with Crippen molar-refractivity contribution in [1.29, 1.82) is 0 Å². The number of benzene rings is 1. The molecule has 108 valence electrons. The van der Waals surface area contributed by atoms with Crippen LogP contribution in [0.3, 0.4) is 0 Å². The van der Waals surface area contributed by atoms with E-state index in [1.165, 1.54) is 27.8 Å². The van der Waals surface area contributed by atoms with E-state index >= 15 is 0 Å². The zero-order valence-corrected chi connectivity index (χ0v) is 13.3. The molecule has 1 aromatic carbocycles. The third-order valence-corrected chi connectivity index (χ3v) is 4.12. The summed E-state index contributed by atoms with van der Waals surface area (Å²) >= 11 is 0. The summed E-state index contributed by atoms with van der Waals surface area (Å²) in [5.41, 5.74) is 7.53. The Morgan fingerprint density at radius 3 is 2.30 bits per heavy atom. The van der Waals surface area contributed by atoms with Gasteiger partial charge in [0.25, 0.3) is 0 Å². The van der Waals surface area contributed by atoms with Gasteiger partial charge in [0.2, 0.25) is 0 Å². The Morgan fingerprint density at radius 1 is 1.05 bits per heavy atom. The van der Waals surface area contributed by atoms with E-state index in [4.69, 9.17) is 4.52 Å². The van der Waals surface area contributed by atoms with Gasteiger partial charge in [-0.3, -0.25) is 0 Å². The first kappa shape index (κ1) is 14.8. The molecular weight excluding hydrogens is 248 g/mol. The van der Waals surface area contributed by atoms with Gasteiger partial charge in [0.15, 0.2) is 0 Å². The third kappa shape index (κ3) is 2.93. The lowest BCUT2D eigenvalue weighted by atomic mass is 9.96. The van der Waals surface area contributed by atoms with E-state index in [0.717, 1.165) is 18.0 Å². The third-order valence-electron chi connectivity index (χ3n) is 4.12. The molecule has 0 saturated carbocycles. The molecule has 0 aliphatic heterocycles. The standard InChI is InChI=1S/C17H24N2O/c1-10-7-12(3)16(8-11(10)2)13(4)18-9-17-14(5)19-20-15(17)6/h7-8,13,18H,9H2,1-6H3. The summed E-state index contributed by atoms with van der Waals surface area (Å²) in [6, 6.07) is 4.86. The first-order valence-electron chi connectivity index (χ1n) is 7.13. The molecule has 1 atom stereocenters. The van der Waals surface area contributed by atoms with E-state index in [9.17, 15) is 0 Å². The molecule has 2 rings (SSSR count). The van der Waals surface area contributed by atoms with Gasteiger partial charge in [-0.05, 0) is 63.8 Å². The van der Waals surface area contributed by atoms with E-state index < -0.39 is 0 Å². The molecular formula is C17H24N2O. The summed E-state index contributed by atoms with van der Waals surface area (Å²) in [7, 11) is 0. The van der Waals surface area contributed by atoms with Gasteiger partial charge < -0.3 is 9.84 Å². The molecule has 3 heteroatoms. The molecule has 2 aromatic rings. The van der Waals surface area contributed by atoms with Gasteiger partial charge in [0, 0.05) is 18.2 Å². The lowest BCUT2D eigenvalue weighted by molar-refractivity contribution is 0.391. The largest absolute Gasteiger partial charge is 0.361 e. The van der Waals surface area contributed by atoms with Crippen LogP contribution in [0.15, 0.2) is 16.7 Å². The summed E-state index contributed by atoms with van der Waals surface area (Å²) in [4.78, 5) is 0. The maximum atomic E-state index is 5.20. The number of aromatic nitrogens is 1. The molecule has 1 aromatic heterocycles. The highest BCUT2D eigenvalue weighted by atomic mass is 16.5. The van der Waals surface area contributed by atoms with Crippen LogP contribution in [0.2, 0.25) is 0 Å². The van der Waals surface area contributed by atoms with Crippen LogP contribution in [0.5, 0.6) is 0 Å². The Kier molecular flexibility index (Phi) is 4.29. The fraction of sp³-hybridized carbons (Fsp3) is 0.471. The van der Waals surface area contributed by atoms with Gasteiger partial charge in [0.1, 0.15) is 5.76 Å². The molecule has 0 bridgehead atoms. The first-order chi connectivity index (χ1) is 9.40. The van der Waals surface area contributed by atoms with Crippen molar-refractivity contribution >= 4 is 0 Å². The maximum absolute atomic E-state index is 5.20. The zero-order valence-electron chi connectivity index (χ0n) is 13.3. The minimum atomic E-state index is 0.308. The van der Waals surface area contributed by atoms with Crippen molar-refractivity contribution in [3.05, 3.63) is 51.4 Å². The van der Waals surface area contributed by atoms with Crippen molar-refractivity contribution < 1.29 is 4.52 Å². The summed E-state index contributed by atoms with van der Waals surface area (Å²) < 4.78 is 5.20. The molecule has 20 heavy (non-hydrogen) atoms. The minimum Gasteiger partial charge on any atom is -0.361 e. The van der Waals surface area contributed by atoms with Gasteiger partial charge >= 0.3 is 0 Å². The van der Waals surface area contributed by atoms with Crippen molar-refractivity contribution in [3.8, 4) is 0 Å². The summed E-state index contributed by atoms with van der Waals surface area (Å²) in [6.07, 6.45) is 0. The molecule has 3 nitrogen and oxygen atoms in total. The van der Waals surface area contributed by atoms with Gasteiger partial charge in [-0.1, -0.05) is 17.3 Å². The molecule has 0 spiro atoms. The second kappa shape index (κ2) is 5.80. The van der Waals surface area contributed by atoms with Crippen LogP contribution in [0, 0.1) is 34.6 Å². The lowest BCUT2D eigenvalue weighted by Crippen LogP contribution is -2.19.